The van der Waals surface area contributed by atoms with Gasteiger partial charge in [-0.3, -0.25) is 0 Å². The Morgan fingerprint density at radius 3 is 2.35 bits per heavy atom. The maximum absolute atomic E-state index is 2.28. The SMILES string of the molecule is CCCCCCc1ccc(-c2ccsc2)cc1. The van der Waals surface area contributed by atoms with Crippen molar-refractivity contribution < 1.29 is 0 Å². The molecule has 0 nitrogen and oxygen atoms in total. The second kappa shape index (κ2) is 6.61. The van der Waals surface area contributed by atoms with Crippen LogP contribution in [0.25, 0.3) is 11.1 Å². The molecule has 0 bridgehead atoms. The van der Waals surface area contributed by atoms with Crippen LogP contribution in [-0.4, -0.2) is 0 Å². The lowest BCUT2D eigenvalue weighted by Crippen LogP contribution is -1.85. The van der Waals surface area contributed by atoms with E-state index in [-0.39, 0.29) is 0 Å². The maximum atomic E-state index is 2.28. The van der Waals surface area contributed by atoms with Gasteiger partial charge in [-0.1, -0.05) is 50.5 Å². The molecule has 0 amide bonds. The molecule has 1 heteroatoms. The van der Waals surface area contributed by atoms with Crippen LogP contribution in [0, 0.1) is 0 Å². The molecule has 0 saturated heterocycles. The lowest BCUT2D eigenvalue weighted by atomic mass is 10.0. The number of aryl methyl sites for hydroxylation is 1. The van der Waals surface area contributed by atoms with Crippen molar-refractivity contribution in [2.45, 2.75) is 39.0 Å². The van der Waals surface area contributed by atoms with Crippen LogP contribution >= 0.6 is 11.3 Å². The normalized spacial score (nSPS) is 10.6. The van der Waals surface area contributed by atoms with Gasteiger partial charge in [-0.15, -0.1) is 0 Å². The van der Waals surface area contributed by atoms with Gasteiger partial charge in [-0.25, -0.2) is 0 Å². The zero-order valence-electron chi connectivity index (χ0n) is 10.5. The van der Waals surface area contributed by atoms with Gasteiger partial charge in [0.2, 0.25) is 0 Å². The van der Waals surface area contributed by atoms with E-state index >= 15 is 0 Å². The summed E-state index contributed by atoms with van der Waals surface area (Å²) in [4.78, 5) is 0. The molecule has 0 saturated carbocycles. The summed E-state index contributed by atoms with van der Waals surface area (Å²) in [5.41, 5.74) is 4.15. The molecule has 1 aromatic heterocycles. The first-order chi connectivity index (χ1) is 8.40. The number of hydrogen-bond donors (Lipinski definition) is 0. The predicted octanol–water partition coefficient (Wildman–Crippen LogP) is 5.54. The molecule has 0 aliphatic carbocycles. The highest BCUT2D eigenvalue weighted by molar-refractivity contribution is 7.08. The molecule has 1 heterocycles. The number of benzene rings is 1. The molecular weight excluding hydrogens is 224 g/mol. The highest BCUT2D eigenvalue weighted by Crippen LogP contribution is 2.22. The molecule has 0 fully saturated rings. The second-order valence-electron chi connectivity index (χ2n) is 4.52. The van der Waals surface area contributed by atoms with Gasteiger partial charge < -0.3 is 0 Å². The van der Waals surface area contributed by atoms with Crippen molar-refractivity contribution in [3.05, 3.63) is 46.7 Å². The minimum absolute atomic E-state index is 1.23. The van der Waals surface area contributed by atoms with Crippen LogP contribution in [-0.2, 0) is 6.42 Å². The topological polar surface area (TPSA) is 0 Å². The molecule has 0 aliphatic rings. The van der Waals surface area contributed by atoms with Crippen LogP contribution in [0.3, 0.4) is 0 Å². The Labute approximate surface area is 108 Å². The van der Waals surface area contributed by atoms with E-state index < -0.39 is 0 Å². The summed E-state index contributed by atoms with van der Waals surface area (Å²) in [7, 11) is 0. The highest BCUT2D eigenvalue weighted by Gasteiger charge is 1.98. The second-order valence-corrected chi connectivity index (χ2v) is 5.30. The molecule has 0 N–H and O–H groups in total. The Kier molecular flexibility index (Phi) is 4.81. The fraction of sp³-hybridized carbons (Fsp3) is 0.375. The smallest absolute Gasteiger partial charge is 0.00147 e. The molecule has 0 atom stereocenters. The van der Waals surface area contributed by atoms with Crippen molar-refractivity contribution in [3.8, 4) is 11.1 Å². The van der Waals surface area contributed by atoms with E-state index in [0.29, 0.717) is 0 Å². The molecule has 0 spiro atoms. The van der Waals surface area contributed by atoms with Crippen molar-refractivity contribution in [2.24, 2.45) is 0 Å². The first kappa shape index (κ1) is 12.4. The third kappa shape index (κ3) is 3.71. The third-order valence-corrected chi connectivity index (χ3v) is 3.81. The molecule has 0 radical (unpaired) electrons. The van der Waals surface area contributed by atoms with Crippen molar-refractivity contribution in [3.63, 3.8) is 0 Å². The zero-order valence-corrected chi connectivity index (χ0v) is 11.3. The average molecular weight is 244 g/mol. The standard InChI is InChI=1S/C16H20S/c1-2-3-4-5-6-14-7-9-15(10-8-14)16-11-12-17-13-16/h7-13H,2-6H2,1H3. The van der Waals surface area contributed by atoms with Crippen LogP contribution in [0.5, 0.6) is 0 Å². The van der Waals surface area contributed by atoms with Gasteiger partial charge in [-0.2, -0.15) is 11.3 Å². The largest absolute Gasteiger partial charge is 0.152 e. The van der Waals surface area contributed by atoms with Crippen molar-refractivity contribution in [2.75, 3.05) is 0 Å². The molecule has 0 unspecified atom stereocenters. The molecule has 1 aromatic carbocycles. The Morgan fingerprint density at radius 2 is 1.71 bits per heavy atom. The summed E-state index contributed by atoms with van der Waals surface area (Å²) in [6.07, 6.45) is 6.60. The van der Waals surface area contributed by atoms with Crippen molar-refractivity contribution in [1.29, 1.82) is 0 Å². The van der Waals surface area contributed by atoms with Gasteiger partial charge >= 0.3 is 0 Å². The highest BCUT2D eigenvalue weighted by atomic mass is 32.1. The molecule has 17 heavy (non-hydrogen) atoms. The zero-order chi connectivity index (χ0) is 11.9. The summed E-state index contributed by atoms with van der Waals surface area (Å²) >= 11 is 1.76. The van der Waals surface area contributed by atoms with Crippen LogP contribution in [0.1, 0.15) is 38.2 Å². The first-order valence-electron chi connectivity index (χ1n) is 6.51. The average Bonchev–Trinajstić information content (AvgIpc) is 2.89. The fourth-order valence-electron chi connectivity index (χ4n) is 2.05. The maximum Gasteiger partial charge on any atom is -0.00147 e. The van der Waals surface area contributed by atoms with E-state index in [2.05, 4.69) is 48.0 Å². The van der Waals surface area contributed by atoms with E-state index in [1.165, 1.54) is 48.8 Å². The van der Waals surface area contributed by atoms with Gasteiger partial charge in [-0.05, 0) is 46.4 Å². The van der Waals surface area contributed by atoms with Crippen molar-refractivity contribution in [1.82, 2.24) is 0 Å². The van der Waals surface area contributed by atoms with Gasteiger partial charge in [0.05, 0.1) is 0 Å². The number of hydrogen-bond acceptors (Lipinski definition) is 1. The fourth-order valence-corrected chi connectivity index (χ4v) is 2.71. The van der Waals surface area contributed by atoms with E-state index in [4.69, 9.17) is 0 Å². The minimum atomic E-state index is 1.23. The Bertz CT molecular complexity index is 411. The summed E-state index contributed by atoms with van der Waals surface area (Å²) in [6.45, 7) is 2.26. The van der Waals surface area contributed by atoms with Crippen LogP contribution in [0.2, 0.25) is 0 Å². The molecular formula is C16H20S. The minimum Gasteiger partial charge on any atom is -0.152 e. The van der Waals surface area contributed by atoms with E-state index in [1.54, 1.807) is 11.3 Å². The molecule has 2 rings (SSSR count). The van der Waals surface area contributed by atoms with Crippen LogP contribution in [0.4, 0.5) is 0 Å². The molecule has 0 aliphatic heterocycles. The predicted molar refractivity (Wildman–Crippen MR) is 77.6 cm³/mol. The summed E-state index contributed by atoms with van der Waals surface area (Å²) in [6, 6.07) is 11.2. The Balaban J connectivity index is 1.90. The quantitative estimate of drug-likeness (QED) is 0.585. The van der Waals surface area contributed by atoms with E-state index in [1.807, 2.05) is 0 Å². The molecule has 90 valence electrons. The monoisotopic (exact) mass is 244 g/mol. The summed E-state index contributed by atoms with van der Waals surface area (Å²) in [5.74, 6) is 0. The first-order valence-corrected chi connectivity index (χ1v) is 7.46. The Morgan fingerprint density at radius 1 is 0.882 bits per heavy atom. The summed E-state index contributed by atoms with van der Waals surface area (Å²) in [5, 5.41) is 4.34. The third-order valence-electron chi connectivity index (χ3n) is 3.13. The van der Waals surface area contributed by atoms with Gasteiger partial charge in [0, 0.05) is 0 Å². The number of rotatable bonds is 6. The van der Waals surface area contributed by atoms with Gasteiger partial charge in [0.25, 0.3) is 0 Å². The van der Waals surface area contributed by atoms with E-state index in [9.17, 15) is 0 Å². The number of unbranched alkanes of at least 4 members (excludes halogenated alkanes) is 3. The lowest BCUT2D eigenvalue weighted by molar-refractivity contribution is 0.667. The van der Waals surface area contributed by atoms with Crippen LogP contribution in [0.15, 0.2) is 41.1 Å². The van der Waals surface area contributed by atoms with Gasteiger partial charge in [0.1, 0.15) is 0 Å². The van der Waals surface area contributed by atoms with Gasteiger partial charge in [0.15, 0.2) is 0 Å². The molecule has 2 aromatic rings. The van der Waals surface area contributed by atoms with Crippen LogP contribution < -0.4 is 0 Å². The Hall–Kier alpha value is -1.08. The van der Waals surface area contributed by atoms with Crippen molar-refractivity contribution >= 4 is 11.3 Å². The number of thiophene rings is 1. The van der Waals surface area contributed by atoms with E-state index in [0.717, 1.165) is 0 Å². The lowest BCUT2D eigenvalue weighted by Gasteiger charge is -2.03. The summed E-state index contributed by atoms with van der Waals surface area (Å²) < 4.78 is 0.